The summed E-state index contributed by atoms with van der Waals surface area (Å²) in [5.41, 5.74) is 4.31. The lowest BCUT2D eigenvalue weighted by Gasteiger charge is -2.43. The number of carbonyl (C=O) groups excluding carboxylic acids is 5. The van der Waals surface area contributed by atoms with Gasteiger partial charge in [0.1, 0.15) is 18.1 Å². The number of cyclic esters (lactones) is 1. The molecule has 42 heavy (non-hydrogen) atoms. The van der Waals surface area contributed by atoms with Crippen molar-refractivity contribution in [3.8, 4) is 0 Å². The summed E-state index contributed by atoms with van der Waals surface area (Å²) in [4.78, 5) is 65.8. The average molecular weight is 577 g/mol. The van der Waals surface area contributed by atoms with Crippen LogP contribution in [-0.4, -0.2) is 70.6 Å². The van der Waals surface area contributed by atoms with Crippen molar-refractivity contribution in [1.29, 1.82) is 0 Å². The van der Waals surface area contributed by atoms with Crippen LogP contribution in [0, 0.1) is 20.8 Å². The number of amides is 4. The molecule has 222 valence electrons. The van der Waals surface area contributed by atoms with Crippen molar-refractivity contribution in [3.05, 3.63) is 70.3 Å². The molecule has 4 atom stereocenters. The highest BCUT2D eigenvalue weighted by Crippen LogP contribution is 2.27. The van der Waals surface area contributed by atoms with Gasteiger partial charge >= 0.3 is 5.97 Å². The van der Waals surface area contributed by atoms with E-state index in [0.29, 0.717) is 24.9 Å². The van der Waals surface area contributed by atoms with Gasteiger partial charge in [0.25, 0.3) is 11.8 Å². The molecule has 0 aromatic heterocycles. The van der Waals surface area contributed by atoms with Crippen molar-refractivity contribution in [2.24, 2.45) is 0 Å². The molecule has 0 aliphatic carbocycles. The van der Waals surface area contributed by atoms with Crippen LogP contribution in [0.2, 0.25) is 0 Å². The number of esters is 1. The fourth-order valence-electron chi connectivity index (χ4n) is 5.65. The Bertz CT molecular complexity index is 1370. The zero-order chi connectivity index (χ0) is 30.0. The number of hydrogen-bond acceptors (Lipinski definition) is 7. The molecule has 2 aromatic rings. The second kappa shape index (κ2) is 12.3. The first kappa shape index (κ1) is 29.2. The van der Waals surface area contributed by atoms with E-state index in [-0.39, 0.29) is 31.8 Å². The van der Waals surface area contributed by atoms with E-state index in [4.69, 9.17) is 9.47 Å². The van der Waals surface area contributed by atoms with Crippen LogP contribution < -0.4 is 10.6 Å². The molecule has 3 fully saturated rings. The van der Waals surface area contributed by atoms with Crippen LogP contribution in [0.25, 0.3) is 0 Å². The van der Waals surface area contributed by atoms with Crippen molar-refractivity contribution in [2.45, 2.75) is 83.9 Å². The number of rotatable bonds is 7. The number of nitrogens with one attached hydrogen (secondary N) is 2. The monoisotopic (exact) mass is 576 g/mol. The van der Waals surface area contributed by atoms with Gasteiger partial charge in [0.15, 0.2) is 0 Å². The van der Waals surface area contributed by atoms with Gasteiger partial charge in [0.2, 0.25) is 18.1 Å². The molecule has 5 rings (SSSR count). The van der Waals surface area contributed by atoms with Gasteiger partial charge < -0.3 is 20.1 Å². The topological polar surface area (TPSA) is 134 Å². The van der Waals surface area contributed by atoms with Crippen LogP contribution in [0.3, 0.4) is 0 Å². The summed E-state index contributed by atoms with van der Waals surface area (Å²) in [6.07, 6.45) is -0.0715. The lowest BCUT2D eigenvalue weighted by Crippen LogP contribution is -2.64. The summed E-state index contributed by atoms with van der Waals surface area (Å²) in [6.45, 7) is 6.30. The van der Waals surface area contributed by atoms with Gasteiger partial charge in [-0.1, -0.05) is 30.3 Å². The fourth-order valence-corrected chi connectivity index (χ4v) is 5.65. The highest BCUT2D eigenvalue weighted by atomic mass is 16.7. The van der Waals surface area contributed by atoms with E-state index in [1.54, 1.807) is 12.1 Å². The summed E-state index contributed by atoms with van der Waals surface area (Å²) in [5, 5.41) is 8.15. The maximum atomic E-state index is 13.8. The molecular formula is C31H36N4O7. The lowest BCUT2D eigenvalue weighted by molar-refractivity contribution is -0.177. The zero-order valence-electron chi connectivity index (χ0n) is 24.1. The lowest BCUT2D eigenvalue weighted by atomic mass is 10.00. The molecule has 2 N–H and O–H groups in total. The van der Waals surface area contributed by atoms with E-state index in [0.717, 1.165) is 22.3 Å². The average Bonchev–Trinajstić information content (AvgIpc) is 3.28. The first-order chi connectivity index (χ1) is 20.1. The first-order valence-corrected chi connectivity index (χ1v) is 14.3. The summed E-state index contributed by atoms with van der Waals surface area (Å²) in [5.74, 6) is -2.25. The molecule has 3 aliphatic heterocycles. The molecule has 11 nitrogen and oxygen atoms in total. The Morgan fingerprint density at radius 3 is 2.43 bits per heavy atom. The Labute approximate surface area is 244 Å². The third-order valence-corrected chi connectivity index (χ3v) is 8.21. The molecule has 3 heterocycles. The Morgan fingerprint density at radius 1 is 1.00 bits per heavy atom. The van der Waals surface area contributed by atoms with Crippen molar-refractivity contribution in [2.75, 3.05) is 6.54 Å². The van der Waals surface area contributed by atoms with Gasteiger partial charge in [0.05, 0.1) is 13.0 Å². The van der Waals surface area contributed by atoms with Gasteiger partial charge in [-0.3, -0.25) is 29.0 Å². The maximum Gasteiger partial charge on any atom is 0.310 e. The molecule has 3 aliphatic rings. The number of aryl methyl sites for hydroxylation is 2. The Balaban J connectivity index is 1.30. The Kier molecular flexibility index (Phi) is 8.58. The van der Waals surface area contributed by atoms with Crippen LogP contribution in [0.15, 0.2) is 42.5 Å². The molecule has 3 saturated heterocycles. The standard InChI is InChI=1S/C31H36N4O7/c1-18-14-22(15-19(2)20(18)3)28(38)32-23-11-12-26(36)34-13-7-10-25(35(34)30(23)40)29(39)33-24-16-27(37)42-31(24)41-17-21-8-5-4-6-9-21/h4-6,8-9,14-15,23-25,31H,7,10-13,16-17H2,1-3H3,(H,32,38)(H,33,39)/t23-,24-,25-,31?/m0/s1. The van der Waals surface area contributed by atoms with Crippen LogP contribution in [0.5, 0.6) is 0 Å². The second-order valence-electron chi connectivity index (χ2n) is 11.1. The molecule has 0 spiro atoms. The van der Waals surface area contributed by atoms with Gasteiger partial charge in [0, 0.05) is 18.5 Å². The quantitative estimate of drug-likeness (QED) is 0.483. The molecule has 4 amide bonds. The minimum Gasteiger partial charge on any atom is -0.433 e. The van der Waals surface area contributed by atoms with Gasteiger partial charge in [-0.2, -0.15) is 0 Å². The van der Waals surface area contributed by atoms with Crippen molar-refractivity contribution in [1.82, 2.24) is 20.7 Å². The molecule has 0 bridgehead atoms. The van der Waals surface area contributed by atoms with Gasteiger partial charge in [-0.15, -0.1) is 0 Å². The first-order valence-electron chi connectivity index (χ1n) is 14.3. The maximum absolute atomic E-state index is 13.8. The van der Waals surface area contributed by atoms with Crippen molar-refractivity contribution in [3.63, 3.8) is 0 Å². The third-order valence-electron chi connectivity index (χ3n) is 8.21. The predicted molar refractivity (Wildman–Crippen MR) is 150 cm³/mol. The largest absolute Gasteiger partial charge is 0.433 e. The van der Waals surface area contributed by atoms with E-state index >= 15 is 0 Å². The van der Waals surface area contributed by atoms with Crippen LogP contribution in [0.1, 0.15) is 64.7 Å². The van der Waals surface area contributed by atoms with Gasteiger partial charge in [-0.05, 0) is 74.4 Å². The van der Waals surface area contributed by atoms with E-state index in [9.17, 15) is 24.0 Å². The number of nitrogens with zero attached hydrogens (tertiary/aromatic N) is 2. The summed E-state index contributed by atoms with van der Waals surface area (Å²) >= 11 is 0. The highest BCUT2D eigenvalue weighted by molar-refractivity contribution is 6.00. The van der Waals surface area contributed by atoms with Crippen molar-refractivity contribution >= 4 is 29.6 Å². The number of carbonyl (C=O) groups is 5. The zero-order valence-corrected chi connectivity index (χ0v) is 24.1. The highest BCUT2D eigenvalue weighted by Gasteiger charge is 2.46. The number of hydrazine groups is 1. The molecule has 0 saturated carbocycles. The van der Waals surface area contributed by atoms with Crippen LogP contribution in [-0.2, 0) is 35.3 Å². The molecule has 11 heteroatoms. The molecule has 2 aromatic carbocycles. The SMILES string of the molecule is Cc1cc(C(=O)N[C@H]2CCC(=O)N3CCC[C@@H](C(=O)N[C@H]4CC(=O)OC4OCc4ccccc4)N3C2=O)cc(C)c1C. The molecular weight excluding hydrogens is 540 g/mol. The van der Waals surface area contributed by atoms with E-state index < -0.39 is 48.1 Å². The minimum absolute atomic E-state index is 0.0495. The van der Waals surface area contributed by atoms with Crippen LogP contribution >= 0.6 is 0 Å². The summed E-state index contributed by atoms with van der Waals surface area (Å²) in [7, 11) is 0. The normalized spacial score (nSPS) is 24.1. The molecule has 0 radical (unpaired) electrons. The smallest absolute Gasteiger partial charge is 0.310 e. The van der Waals surface area contributed by atoms with Crippen molar-refractivity contribution < 1.29 is 33.4 Å². The number of benzene rings is 2. The van der Waals surface area contributed by atoms with E-state index in [2.05, 4.69) is 10.6 Å². The predicted octanol–water partition coefficient (Wildman–Crippen LogP) is 2.21. The summed E-state index contributed by atoms with van der Waals surface area (Å²) in [6, 6.07) is 10.2. The second-order valence-corrected chi connectivity index (χ2v) is 11.1. The summed E-state index contributed by atoms with van der Waals surface area (Å²) < 4.78 is 11.1. The number of ether oxygens (including phenoxy) is 2. The van der Waals surface area contributed by atoms with Gasteiger partial charge in [-0.25, -0.2) is 5.01 Å². The van der Waals surface area contributed by atoms with Crippen LogP contribution in [0.4, 0.5) is 0 Å². The number of hydrogen-bond donors (Lipinski definition) is 2. The fraction of sp³-hybridized carbons (Fsp3) is 0.452. The Hall–Kier alpha value is -4.25. The molecule has 1 unspecified atom stereocenters. The number of fused-ring (bicyclic) bond motifs is 1. The van der Waals surface area contributed by atoms with E-state index in [1.807, 2.05) is 51.1 Å². The van der Waals surface area contributed by atoms with E-state index in [1.165, 1.54) is 10.0 Å². The Morgan fingerprint density at radius 2 is 1.71 bits per heavy atom. The third kappa shape index (κ3) is 6.15. The minimum atomic E-state index is -0.998.